The van der Waals surface area contributed by atoms with E-state index in [2.05, 4.69) is 43.0 Å². The SMILES string of the molecule is CC#CCSC(C)c1ccccc1. The minimum absolute atomic E-state index is 0.544. The van der Waals surface area contributed by atoms with Crippen molar-refractivity contribution in [3.05, 3.63) is 35.9 Å². The van der Waals surface area contributed by atoms with E-state index in [-0.39, 0.29) is 0 Å². The van der Waals surface area contributed by atoms with Gasteiger partial charge in [-0.1, -0.05) is 36.3 Å². The first-order valence-corrected chi connectivity index (χ1v) is 5.45. The third kappa shape index (κ3) is 3.57. The fourth-order valence-corrected chi connectivity index (χ4v) is 1.89. The van der Waals surface area contributed by atoms with Crippen molar-refractivity contribution >= 4 is 11.8 Å². The first-order chi connectivity index (χ1) is 6.34. The van der Waals surface area contributed by atoms with Crippen LogP contribution in [0.2, 0.25) is 0 Å². The highest BCUT2D eigenvalue weighted by Crippen LogP contribution is 2.26. The molecular weight excluding hydrogens is 176 g/mol. The maximum atomic E-state index is 3.06. The zero-order chi connectivity index (χ0) is 9.52. The largest absolute Gasteiger partial charge is 0.141 e. The van der Waals surface area contributed by atoms with Gasteiger partial charge in [-0.05, 0) is 19.4 Å². The highest BCUT2D eigenvalue weighted by Gasteiger charge is 2.02. The third-order valence-corrected chi connectivity index (χ3v) is 2.93. The van der Waals surface area contributed by atoms with E-state index in [4.69, 9.17) is 0 Å². The predicted molar refractivity (Wildman–Crippen MR) is 60.8 cm³/mol. The van der Waals surface area contributed by atoms with Gasteiger partial charge < -0.3 is 0 Å². The van der Waals surface area contributed by atoms with Crippen molar-refractivity contribution in [2.75, 3.05) is 5.75 Å². The van der Waals surface area contributed by atoms with E-state index in [0.717, 1.165) is 5.75 Å². The highest BCUT2D eigenvalue weighted by atomic mass is 32.2. The zero-order valence-corrected chi connectivity index (χ0v) is 8.90. The van der Waals surface area contributed by atoms with Crippen molar-refractivity contribution in [1.82, 2.24) is 0 Å². The third-order valence-electron chi connectivity index (χ3n) is 1.85. The van der Waals surface area contributed by atoms with E-state index in [0.29, 0.717) is 5.25 Å². The molecule has 0 spiro atoms. The van der Waals surface area contributed by atoms with Gasteiger partial charge in [0.25, 0.3) is 0 Å². The van der Waals surface area contributed by atoms with Crippen LogP contribution < -0.4 is 0 Å². The normalized spacial score (nSPS) is 11.5. The summed E-state index contributed by atoms with van der Waals surface area (Å²) in [6.45, 7) is 4.10. The average Bonchev–Trinajstić information content (AvgIpc) is 2.19. The molecule has 0 heterocycles. The van der Waals surface area contributed by atoms with Gasteiger partial charge in [-0.25, -0.2) is 0 Å². The van der Waals surface area contributed by atoms with Gasteiger partial charge in [0.15, 0.2) is 0 Å². The Morgan fingerprint density at radius 1 is 1.31 bits per heavy atom. The number of hydrogen-bond acceptors (Lipinski definition) is 1. The summed E-state index contributed by atoms with van der Waals surface area (Å²) in [5, 5.41) is 0.544. The van der Waals surface area contributed by atoms with E-state index in [9.17, 15) is 0 Å². The van der Waals surface area contributed by atoms with Gasteiger partial charge in [0.05, 0.1) is 5.75 Å². The quantitative estimate of drug-likeness (QED) is 0.657. The van der Waals surface area contributed by atoms with Gasteiger partial charge >= 0.3 is 0 Å². The lowest BCUT2D eigenvalue weighted by Gasteiger charge is -2.08. The van der Waals surface area contributed by atoms with Crippen LogP contribution in [0.25, 0.3) is 0 Å². The lowest BCUT2D eigenvalue weighted by atomic mass is 10.2. The molecule has 0 aliphatic carbocycles. The van der Waals surface area contributed by atoms with E-state index in [1.165, 1.54) is 5.56 Å². The molecule has 0 saturated heterocycles. The van der Waals surface area contributed by atoms with Gasteiger partial charge in [0.1, 0.15) is 0 Å². The Morgan fingerprint density at radius 3 is 2.62 bits per heavy atom. The molecular formula is C12H14S. The fraction of sp³-hybridized carbons (Fsp3) is 0.333. The molecule has 0 fully saturated rings. The molecule has 1 rings (SSSR count). The topological polar surface area (TPSA) is 0 Å². The number of benzene rings is 1. The summed E-state index contributed by atoms with van der Waals surface area (Å²) < 4.78 is 0. The number of hydrogen-bond donors (Lipinski definition) is 0. The zero-order valence-electron chi connectivity index (χ0n) is 8.08. The van der Waals surface area contributed by atoms with E-state index in [1.54, 1.807) is 0 Å². The van der Waals surface area contributed by atoms with Gasteiger partial charge in [-0.15, -0.1) is 17.7 Å². The van der Waals surface area contributed by atoms with Crippen molar-refractivity contribution in [2.45, 2.75) is 19.1 Å². The average molecular weight is 190 g/mol. The van der Waals surface area contributed by atoms with Crippen LogP contribution in [-0.4, -0.2) is 5.75 Å². The maximum absolute atomic E-state index is 3.06. The van der Waals surface area contributed by atoms with E-state index in [1.807, 2.05) is 24.8 Å². The second-order valence-electron chi connectivity index (χ2n) is 2.79. The molecule has 0 amide bonds. The van der Waals surface area contributed by atoms with Crippen LogP contribution in [-0.2, 0) is 0 Å². The highest BCUT2D eigenvalue weighted by molar-refractivity contribution is 7.99. The minimum Gasteiger partial charge on any atom is -0.141 e. The van der Waals surface area contributed by atoms with Crippen molar-refractivity contribution < 1.29 is 0 Å². The Morgan fingerprint density at radius 2 is 2.00 bits per heavy atom. The van der Waals surface area contributed by atoms with Gasteiger partial charge in [0, 0.05) is 5.25 Å². The summed E-state index contributed by atoms with van der Waals surface area (Å²) in [5.74, 6) is 6.89. The van der Waals surface area contributed by atoms with Crippen LogP contribution in [0.3, 0.4) is 0 Å². The van der Waals surface area contributed by atoms with Crippen LogP contribution in [0.15, 0.2) is 30.3 Å². The van der Waals surface area contributed by atoms with Crippen LogP contribution in [0, 0.1) is 11.8 Å². The summed E-state index contributed by atoms with van der Waals surface area (Å²) in [6.07, 6.45) is 0. The van der Waals surface area contributed by atoms with E-state index >= 15 is 0 Å². The summed E-state index contributed by atoms with van der Waals surface area (Å²) in [5.41, 5.74) is 1.38. The number of thioether (sulfide) groups is 1. The molecule has 1 aromatic carbocycles. The monoisotopic (exact) mass is 190 g/mol. The smallest absolute Gasteiger partial charge is 0.0553 e. The van der Waals surface area contributed by atoms with Crippen LogP contribution in [0.1, 0.15) is 24.7 Å². The van der Waals surface area contributed by atoms with Gasteiger partial charge in [-0.3, -0.25) is 0 Å². The molecule has 0 aliphatic rings. The Labute approximate surface area is 84.7 Å². The first kappa shape index (κ1) is 10.2. The van der Waals surface area contributed by atoms with Crippen molar-refractivity contribution in [1.29, 1.82) is 0 Å². The molecule has 1 aromatic rings. The lowest BCUT2D eigenvalue weighted by Crippen LogP contribution is -1.87. The van der Waals surface area contributed by atoms with Crippen LogP contribution >= 0.6 is 11.8 Å². The van der Waals surface area contributed by atoms with Gasteiger partial charge in [-0.2, -0.15) is 0 Å². The molecule has 1 unspecified atom stereocenters. The predicted octanol–water partition coefficient (Wildman–Crippen LogP) is 3.50. The Hall–Kier alpha value is -0.870. The minimum atomic E-state index is 0.544. The second kappa shape index (κ2) is 5.72. The number of rotatable bonds is 3. The second-order valence-corrected chi connectivity index (χ2v) is 4.12. The molecule has 0 radical (unpaired) electrons. The van der Waals surface area contributed by atoms with Crippen molar-refractivity contribution in [2.24, 2.45) is 0 Å². The molecule has 1 heteroatoms. The molecule has 13 heavy (non-hydrogen) atoms. The molecule has 0 aromatic heterocycles. The maximum Gasteiger partial charge on any atom is 0.0553 e. The van der Waals surface area contributed by atoms with Crippen LogP contribution in [0.4, 0.5) is 0 Å². The standard InChI is InChI=1S/C12H14S/c1-3-4-10-13-11(2)12-8-6-5-7-9-12/h5-9,11H,10H2,1-2H3. The van der Waals surface area contributed by atoms with Gasteiger partial charge in [0.2, 0.25) is 0 Å². The molecule has 0 nitrogen and oxygen atoms in total. The fourth-order valence-electron chi connectivity index (χ4n) is 1.06. The molecule has 0 bridgehead atoms. The molecule has 1 atom stereocenters. The van der Waals surface area contributed by atoms with Crippen LogP contribution in [0.5, 0.6) is 0 Å². The molecule has 68 valence electrons. The summed E-state index contributed by atoms with van der Waals surface area (Å²) in [7, 11) is 0. The van der Waals surface area contributed by atoms with Crippen molar-refractivity contribution in [3.8, 4) is 11.8 Å². The van der Waals surface area contributed by atoms with E-state index < -0.39 is 0 Å². The first-order valence-electron chi connectivity index (χ1n) is 4.40. The Kier molecular flexibility index (Phi) is 4.49. The lowest BCUT2D eigenvalue weighted by molar-refractivity contribution is 1.10. The summed E-state index contributed by atoms with van der Waals surface area (Å²) in [4.78, 5) is 0. The Bertz CT molecular complexity index is 292. The summed E-state index contributed by atoms with van der Waals surface area (Å²) >= 11 is 1.88. The molecule has 0 aliphatic heterocycles. The summed E-state index contributed by atoms with van der Waals surface area (Å²) in [6, 6.07) is 10.5. The Balaban J connectivity index is 2.47. The van der Waals surface area contributed by atoms with Crippen molar-refractivity contribution in [3.63, 3.8) is 0 Å². The molecule has 0 saturated carbocycles. The molecule has 0 N–H and O–H groups in total.